The Kier molecular flexibility index (Phi) is 5.41. The number of carbonyl (C=O) groups is 1. The van der Waals surface area contributed by atoms with Crippen molar-refractivity contribution >= 4 is 5.91 Å². The maximum atomic E-state index is 11.9. The van der Waals surface area contributed by atoms with Crippen LogP contribution in [0.4, 0.5) is 0 Å². The molecular weight excluding hydrogens is 230 g/mol. The SMILES string of the molecule is CCN1CCC(CNC(=O)C2CNCCO2)CC1. The first-order valence-corrected chi connectivity index (χ1v) is 7.12. The van der Waals surface area contributed by atoms with Gasteiger partial charge in [0.05, 0.1) is 6.61 Å². The Hall–Kier alpha value is -0.650. The largest absolute Gasteiger partial charge is 0.366 e. The van der Waals surface area contributed by atoms with Gasteiger partial charge in [0.2, 0.25) is 5.91 Å². The Morgan fingerprint density at radius 1 is 1.44 bits per heavy atom. The molecule has 2 fully saturated rings. The van der Waals surface area contributed by atoms with Crippen molar-refractivity contribution in [3.63, 3.8) is 0 Å². The van der Waals surface area contributed by atoms with Crippen molar-refractivity contribution in [2.75, 3.05) is 45.9 Å². The van der Waals surface area contributed by atoms with Gasteiger partial charge in [-0.1, -0.05) is 6.92 Å². The van der Waals surface area contributed by atoms with Crippen LogP contribution in [0.25, 0.3) is 0 Å². The smallest absolute Gasteiger partial charge is 0.250 e. The molecule has 0 aliphatic carbocycles. The quantitative estimate of drug-likeness (QED) is 0.732. The Morgan fingerprint density at radius 2 is 2.22 bits per heavy atom. The van der Waals surface area contributed by atoms with E-state index in [0.717, 1.165) is 19.6 Å². The van der Waals surface area contributed by atoms with Crippen molar-refractivity contribution in [1.82, 2.24) is 15.5 Å². The van der Waals surface area contributed by atoms with Crippen molar-refractivity contribution in [2.45, 2.75) is 25.9 Å². The molecule has 0 aromatic heterocycles. The van der Waals surface area contributed by atoms with Crippen LogP contribution in [0, 0.1) is 5.92 Å². The molecule has 2 heterocycles. The monoisotopic (exact) mass is 255 g/mol. The summed E-state index contributed by atoms with van der Waals surface area (Å²) >= 11 is 0. The molecule has 2 saturated heterocycles. The molecule has 5 nitrogen and oxygen atoms in total. The molecule has 2 aliphatic heterocycles. The zero-order valence-corrected chi connectivity index (χ0v) is 11.3. The highest BCUT2D eigenvalue weighted by Crippen LogP contribution is 2.15. The molecule has 0 radical (unpaired) electrons. The van der Waals surface area contributed by atoms with Gasteiger partial charge >= 0.3 is 0 Å². The lowest BCUT2D eigenvalue weighted by Crippen LogP contribution is -2.49. The van der Waals surface area contributed by atoms with Gasteiger partial charge in [-0.15, -0.1) is 0 Å². The molecule has 0 aromatic rings. The van der Waals surface area contributed by atoms with Gasteiger partial charge in [-0.3, -0.25) is 4.79 Å². The number of morpholine rings is 1. The zero-order chi connectivity index (χ0) is 12.8. The van der Waals surface area contributed by atoms with Gasteiger partial charge in [0.15, 0.2) is 0 Å². The van der Waals surface area contributed by atoms with Gasteiger partial charge in [-0.05, 0) is 38.4 Å². The molecule has 2 aliphatic rings. The number of hydrogen-bond donors (Lipinski definition) is 2. The number of nitrogens with zero attached hydrogens (tertiary/aromatic N) is 1. The molecule has 1 amide bonds. The molecule has 2 N–H and O–H groups in total. The minimum atomic E-state index is -0.297. The predicted octanol–water partition coefficient (Wildman–Crippen LogP) is -0.177. The summed E-state index contributed by atoms with van der Waals surface area (Å²) in [5.41, 5.74) is 0. The third-order valence-electron chi connectivity index (χ3n) is 3.94. The maximum absolute atomic E-state index is 11.9. The number of nitrogens with one attached hydrogen (secondary N) is 2. The van der Waals surface area contributed by atoms with Crippen LogP contribution in [-0.2, 0) is 9.53 Å². The second kappa shape index (κ2) is 7.07. The molecule has 0 saturated carbocycles. The molecule has 5 heteroatoms. The van der Waals surface area contributed by atoms with Gasteiger partial charge in [0.1, 0.15) is 6.10 Å². The van der Waals surface area contributed by atoms with Crippen LogP contribution in [0.1, 0.15) is 19.8 Å². The highest BCUT2D eigenvalue weighted by atomic mass is 16.5. The van der Waals surface area contributed by atoms with Gasteiger partial charge in [0.25, 0.3) is 0 Å². The van der Waals surface area contributed by atoms with Crippen molar-refractivity contribution < 1.29 is 9.53 Å². The fourth-order valence-corrected chi connectivity index (χ4v) is 2.60. The molecule has 0 spiro atoms. The van der Waals surface area contributed by atoms with Crippen LogP contribution in [0.5, 0.6) is 0 Å². The van der Waals surface area contributed by atoms with Crippen molar-refractivity contribution in [2.24, 2.45) is 5.92 Å². The zero-order valence-electron chi connectivity index (χ0n) is 11.3. The van der Waals surface area contributed by atoms with E-state index in [4.69, 9.17) is 4.74 Å². The normalized spacial score (nSPS) is 27.1. The van der Waals surface area contributed by atoms with Crippen LogP contribution in [0.3, 0.4) is 0 Å². The average molecular weight is 255 g/mol. The molecule has 104 valence electrons. The summed E-state index contributed by atoms with van der Waals surface area (Å²) in [6, 6.07) is 0. The summed E-state index contributed by atoms with van der Waals surface area (Å²) in [5, 5.41) is 6.21. The lowest BCUT2D eigenvalue weighted by molar-refractivity contribution is -0.134. The Labute approximate surface area is 109 Å². The molecule has 0 bridgehead atoms. The van der Waals surface area contributed by atoms with E-state index in [1.54, 1.807) is 0 Å². The topological polar surface area (TPSA) is 53.6 Å². The number of carbonyl (C=O) groups excluding carboxylic acids is 1. The molecular formula is C13H25N3O2. The van der Waals surface area contributed by atoms with E-state index < -0.39 is 0 Å². The summed E-state index contributed by atoms with van der Waals surface area (Å²) in [4.78, 5) is 14.3. The van der Waals surface area contributed by atoms with E-state index in [2.05, 4.69) is 22.5 Å². The van der Waals surface area contributed by atoms with Crippen LogP contribution in [0.15, 0.2) is 0 Å². The third kappa shape index (κ3) is 3.93. The second-order valence-electron chi connectivity index (χ2n) is 5.19. The summed E-state index contributed by atoms with van der Waals surface area (Å²) in [6.07, 6.45) is 2.09. The van der Waals surface area contributed by atoms with Gasteiger partial charge < -0.3 is 20.3 Å². The second-order valence-corrected chi connectivity index (χ2v) is 5.19. The summed E-state index contributed by atoms with van der Waals surface area (Å²) in [7, 11) is 0. The molecule has 1 unspecified atom stereocenters. The number of likely N-dealkylation sites (tertiary alicyclic amines) is 1. The summed E-state index contributed by atoms with van der Waals surface area (Å²) in [6.45, 7) is 8.59. The number of amides is 1. The number of piperidine rings is 1. The van der Waals surface area contributed by atoms with Crippen LogP contribution in [-0.4, -0.2) is 62.8 Å². The van der Waals surface area contributed by atoms with E-state index in [1.807, 2.05) is 0 Å². The van der Waals surface area contributed by atoms with E-state index >= 15 is 0 Å². The van der Waals surface area contributed by atoms with E-state index in [-0.39, 0.29) is 12.0 Å². The van der Waals surface area contributed by atoms with Crippen LogP contribution in [0.2, 0.25) is 0 Å². The first kappa shape index (κ1) is 13.8. The summed E-state index contributed by atoms with van der Waals surface area (Å²) in [5.74, 6) is 0.674. The minimum Gasteiger partial charge on any atom is -0.366 e. The third-order valence-corrected chi connectivity index (χ3v) is 3.94. The van der Waals surface area contributed by atoms with Gasteiger partial charge in [0, 0.05) is 19.6 Å². The Morgan fingerprint density at radius 3 is 2.83 bits per heavy atom. The molecule has 1 atom stereocenters. The van der Waals surface area contributed by atoms with Gasteiger partial charge in [-0.25, -0.2) is 0 Å². The van der Waals surface area contributed by atoms with E-state index in [0.29, 0.717) is 19.1 Å². The lowest BCUT2D eigenvalue weighted by atomic mass is 9.97. The fourth-order valence-electron chi connectivity index (χ4n) is 2.60. The van der Waals surface area contributed by atoms with Crippen LogP contribution < -0.4 is 10.6 Å². The highest BCUT2D eigenvalue weighted by molar-refractivity contribution is 5.81. The number of rotatable bonds is 4. The number of hydrogen-bond acceptors (Lipinski definition) is 4. The van der Waals surface area contributed by atoms with Crippen LogP contribution >= 0.6 is 0 Å². The number of ether oxygens (including phenoxy) is 1. The Balaban J connectivity index is 1.63. The summed E-state index contributed by atoms with van der Waals surface area (Å²) < 4.78 is 5.43. The first-order valence-electron chi connectivity index (χ1n) is 7.12. The Bertz CT molecular complexity index is 259. The predicted molar refractivity (Wildman–Crippen MR) is 70.5 cm³/mol. The average Bonchev–Trinajstić information content (AvgIpc) is 2.46. The molecule has 0 aromatic carbocycles. The van der Waals surface area contributed by atoms with E-state index in [9.17, 15) is 4.79 Å². The van der Waals surface area contributed by atoms with E-state index in [1.165, 1.54) is 25.9 Å². The first-order chi connectivity index (χ1) is 8.79. The molecule has 18 heavy (non-hydrogen) atoms. The highest BCUT2D eigenvalue weighted by Gasteiger charge is 2.23. The van der Waals surface area contributed by atoms with Crippen molar-refractivity contribution in [1.29, 1.82) is 0 Å². The standard InChI is InChI=1S/C13H25N3O2/c1-2-16-6-3-11(4-7-16)9-15-13(17)12-10-14-5-8-18-12/h11-12,14H,2-10H2,1H3,(H,15,17). The molecule has 2 rings (SSSR count). The fraction of sp³-hybridized carbons (Fsp3) is 0.923. The lowest BCUT2D eigenvalue weighted by Gasteiger charge is -2.31. The van der Waals surface area contributed by atoms with Crippen molar-refractivity contribution in [3.8, 4) is 0 Å². The maximum Gasteiger partial charge on any atom is 0.250 e. The van der Waals surface area contributed by atoms with Crippen molar-refractivity contribution in [3.05, 3.63) is 0 Å². The van der Waals surface area contributed by atoms with Gasteiger partial charge in [-0.2, -0.15) is 0 Å². The minimum absolute atomic E-state index is 0.0418.